The number of nitrogens with one attached hydrogen (secondary N) is 3. The van der Waals surface area contributed by atoms with E-state index in [1.807, 2.05) is 48.5 Å². The summed E-state index contributed by atoms with van der Waals surface area (Å²) >= 11 is 0. The molecule has 0 aliphatic carbocycles. The van der Waals surface area contributed by atoms with Crippen LogP contribution in [0, 0.1) is 0 Å². The first kappa shape index (κ1) is 21.5. The second-order valence-corrected chi connectivity index (χ2v) is 8.98. The number of sulfonamides is 1. The van der Waals surface area contributed by atoms with Crippen molar-refractivity contribution in [2.75, 3.05) is 24.8 Å². The second-order valence-electron chi connectivity index (χ2n) is 7.06. The molecule has 0 aliphatic heterocycles. The molecule has 164 valence electrons. The largest absolute Gasteiger partial charge is 0.497 e. The van der Waals surface area contributed by atoms with Crippen LogP contribution in [0.3, 0.4) is 0 Å². The van der Waals surface area contributed by atoms with Gasteiger partial charge in [0.25, 0.3) is 0 Å². The first-order chi connectivity index (χ1) is 15.5. The van der Waals surface area contributed by atoms with Crippen LogP contribution >= 0.6 is 0 Å². The van der Waals surface area contributed by atoms with Crippen LogP contribution in [0.15, 0.2) is 72.8 Å². The van der Waals surface area contributed by atoms with Crippen molar-refractivity contribution in [1.82, 2.24) is 14.7 Å². The van der Waals surface area contributed by atoms with Crippen molar-refractivity contribution in [1.29, 1.82) is 0 Å². The topological polar surface area (TPSA) is 105 Å². The summed E-state index contributed by atoms with van der Waals surface area (Å²) in [6.45, 7) is 0. The highest BCUT2D eigenvalue weighted by atomic mass is 32.2. The average molecular weight is 450 g/mol. The first-order valence-electron chi connectivity index (χ1n) is 9.91. The van der Waals surface area contributed by atoms with Gasteiger partial charge in [-0.3, -0.25) is 0 Å². The Kier molecular flexibility index (Phi) is 6.20. The quantitative estimate of drug-likeness (QED) is 0.371. The Morgan fingerprint density at radius 3 is 2.28 bits per heavy atom. The maximum Gasteiger partial charge on any atom is 0.229 e. The lowest BCUT2D eigenvalue weighted by Gasteiger charge is -2.13. The minimum absolute atomic E-state index is 0.0801. The number of hydrogen-bond acceptors (Lipinski definition) is 7. The Bertz CT molecular complexity index is 1330. The number of aromatic nitrogens is 2. The van der Waals surface area contributed by atoms with Gasteiger partial charge < -0.3 is 15.4 Å². The highest BCUT2D eigenvalue weighted by Gasteiger charge is 2.11. The van der Waals surface area contributed by atoms with Crippen molar-refractivity contribution in [2.24, 2.45) is 0 Å². The molecule has 0 fully saturated rings. The molecule has 0 spiro atoms. The molecule has 4 rings (SSSR count). The first-order valence-corrected chi connectivity index (χ1v) is 11.6. The Balaban J connectivity index is 1.65. The maximum atomic E-state index is 11.7. The van der Waals surface area contributed by atoms with Crippen LogP contribution in [0.4, 0.5) is 23.1 Å². The lowest BCUT2D eigenvalue weighted by atomic mass is 10.2. The second kappa shape index (κ2) is 9.21. The van der Waals surface area contributed by atoms with E-state index < -0.39 is 10.0 Å². The van der Waals surface area contributed by atoms with Crippen molar-refractivity contribution in [3.8, 4) is 5.75 Å². The van der Waals surface area contributed by atoms with Crippen LogP contribution in [0.1, 0.15) is 5.56 Å². The third-order valence-corrected chi connectivity index (χ3v) is 6.15. The van der Waals surface area contributed by atoms with Crippen LogP contribution in [0.2, 0.25) is 0 Å². The number of para-hydroxylation sites is 1. The predicted octanol–water partition coefficient (Wildman–Crippen LogP) is 4.17. The zero-order valence-corrected chi connectivity index (χ0v) is 18.5. The number of hydrogen-bond donors (Lipinski definition) is 3. The molecule has 0 amide bonds. The van der Waals surface area contributed by atoms with Crippen molar-refractivity contribution >= 4 is 44.1 Å². The number of methoxy groups -OCH3 is 1. The van der Waals surface area contributed by atoms with Crippen molar-refractivity contribution in [3.63, 3.8) is 0 Å². The van der Waals surface area contributed by atoms with Crippen LogP contribution < -0.4 is 20.1 Å². The molecule has 1 aromatic heterocycles. The van der Waals surface area contributed by atoms with E-state index in [-0.39, 0.29) is 5.75 Å². The van der Waals surface area contributed by atoms with Crippen molar-refractivity contribution < 1.29 is 13.2 Å². The predicted molar refractivity (Wildman–Crippen MR) is 127 cm³/mol. The molecular formula is C23H23N5O3S. The van der Waals surface area contributed by atoms with Crippen molar-refractivity contribution in [2.45, 2.75) is 5.75 Å². The average Bonchev–Trinajstić information content (AvgIpc) is 2.81. The number of ether oxygens (including phenoxy) is 1. The van der Waals surface area contributed by atoms with Crippen molar-refractivity contribution in [3.05, 3.63) is 78.4 Å². The molecule has 8 nitrogen and oxygen atoms in total. The molecule has 1 heterocycles. The van der Waals surface area contributed by atoms with Crippen LogP contribution in [0.5, 0.6) is 5.75 Å². The highest BCUT2D eigenvalue weighted by Crippen LogP contribution is 2.29. The molecule has 3 N–H and O–H groups in total. The van der Waals surface area contributed by atoms with E-state index in [2.05, 4.69) is 25.3 Å². The molecule has 0 saturated carbocycles. The van der Waals surface area contributed by atoms with Gasteiger partial charge in [0.1, 0.15) is 11.6 Å². The van der Waals surface area contributed by atoms with Crippen LogP contribution in [-0.4, -0.2) is 32.5 Å². The van der Waals surface area contributed by atoms with Gasteiger partial charge in [-0.25, -0.2) is 18.1 Å². The molecule has 9 heteroatoms. The fourth-order valence-corrected chi connectivity index (χ4v) is 3.92. The van der Waals surface area contributed by atoms with Crippen LogP contribution in [-0.2, 0) is 15.8 Å². The molecule has 0 bridgehead atoms. The number of nitrogens with zero attached hydrogens (tertiary/aromatic N) is 2. The third-order valence-electron chi connectivity index (χ3n) is 4.82. The molecular weight excluding hydrogens is 426 g/mol. The lowest BCUT2D eigenvalue weighted by Crippen LogP contribution is -2.20. The molecule has 32 heavy (non-hydrogen) atoms. The van der Waals surface area contributed by atoms with E-state index >= 15 is 0 Å². The van der Waals surface area contributed by atoms with Gasteiger partial charge in [-0.1, -0.05) is 30.3 Å². The Morgan fingerprint density at radius 2 is 1.59 bits per heavy atom. The van der Waals surface area contributed by atoms with E-state index in [0.29, 0.717) is 23.1 Å². The summed E-state index contributed by atoms with van der Waals surface area (Å²) < 4.78 is 31.2. The number of benzene rings is 3. The normalized spacial score (nSPS) is 11.3. The molecule has 0 saturated heterocycles. The van der Waals surface area contributed by atoms with Gasteiger partial charge >= 0.3 is 0 Å². The van der Waals surface area contributed by atoms with Gasteiger partial charge in [0.05, 0.1) is 18.4 Å². The van der Waals surface area contributed by atoms with E-state index in [9.17, 15) is 8.42 Å². The van der Waals surface area contributed by atoms with Gasteiger partial charge in [0.2, 0.25) is 16.0 Å². The molecule has 4 aromatic rings. The SMILES string of the molecule is CNS(=O)(=O)Cc1ccc(Nc2nc(Nc3ccccc3)c3cc(OC)ccc3n2)cc1. The molecule has 0 radical (unpaired) electrons. The summed E-state index contributed by atoms with van der Waals surface area (Å²) in [7, 11) is -0.303. The molecule has 3 aromatic carbocycles. The summed E-state index contributed by atoms with van der Waals surface area (Å²) in [5, 5.41) is 7.37. The minimum Gasteiger partial charge on any atom is -0.497 e. The van der Waals surface area contributed by atoms with Gasteiger partial charge in [-0.15, -0.1) is 0 Å². The standard InChI is InChI=1S/C23H23N5O3S/c1-24-32(29,30)15-16-8-10-18(11-9-16)26-23-27-21-13-12-19(31-2)14-20(21)22(28-23)25-17-6-4-3-5-7-17/h3-14,24H,15H2,1-2H3,(H2,25,26,27,28). The third kappa shape index (κ3) is 5.13. The minimum atomic E-state index is -3.32. The van der Waals surface area contributed by atoms with E-state index in [1.165, 1.54) is 7.05 Å². The Labute approximate surface area is 186 Å². The smallest absolute Gasteiger partial charge is 0.229 e. The Morgan fingerprint density at radius 1 is 0.875 bits per heavy atom. The van der Waals surface area contributed by atoms with Crippen LogP contribution in [0.25, 0.3) is 10.9 Å². The molecule has 0 aliphatic rings. The van der Waals surface area contributed by atoms with E-state index in [1.54, 1.807) is 31.4 Å². The highest BCUT2D eigenvalue weighted by molar-refractivity contribution is 7.88. The zero-order chi connectivity index (χ0) is 22.6. The maximum absolute atomic E-state index is 11.7. The number of anilines is 4. The summed E-state index contributed by atoms with van der Waals surface area (Å²) in [6, 6.07) is 22.5. The lowest BCUT2D eigenvalue weighted by molar-refractivity contribution is 0.415. The summed E-state index contributed by atoms with van der Waals surface area (Å²) in [5.74, 6) is 1.68. The fraction of sp³-hybridized carbons (Fsp3) is 0.130. The van der Waals surface area contributed by atoms with Gasteiger partial charge in [0.15, 0.2) is 0 Å². The van der Waals surface area contributed by atoms with E-state index in [4.69, 9.17) is 4.74 Å². The number of rotatable bonds is 8. The van der Waals surface area contributed by atoms with E-state index in [0.717, 1.165) is 22.3 Å². The van der Waals surface area contributed by atoms with Gasteiger partial charge in [0, 0.05) is 16.8 Å². The van der Waals surface area contributed by atoms with Gasteiger partial charge in [-0.2, -0.15) is 4.98 Å². The van der Waals surface area contributed by atoms with Gasteiger partial charge in [-0.05, 0) is 55.1 Å². The Hall–Kier alpha value is -3.69. The summed E-state index contributed by atoms with van der Waals surface area (Å²) in [4.78, 5) is 9.29. The molecule has 0 unspecified atom stereocenters. The summed E-state index contributed by atoms with van der Waals surface area (Å²) in [6.07, 6.45) is 0. The number of fused-ring (bicyclic) bond motifs is 1. The zero-order valence-electron chi connectivity index (χ0n) is 17.7. The molecule has 0 atom stereocenters. The fourth-order valence-electron chi connectivity index (χ4n) is 3.15. The summed E-state index contributed by atoms with van der Waals surface area (Å²) in [5.41, 5.74) is 3.08. The monoisotopic (exact) mass is 449 g/mol.